The maximum Gasteiger partial charge on any atom is 0.161 e. The van der Waals surface area contributed by atoms with Crippen LogP contribution in [0.5, 0.6) is 11.5 Å². The predicted molar refractivity (Wildman–Crippen MR) is 107 cm³/mol. The van der Waals surface area contributed by atoms with Gasteiger partial charge >= 0.3 is 0 Å². The maximum atomic E-state index is 10.3. The van der Waals surface area contributed by atoms with E-state index in [4.69, 9.17) is 14.2 Å². The summed E-state index contributed by atoms with van der Waals surface area (Å²) in [6, 6.07) is 18.2. The van der Waals surface area contributed by atoms with Crippen LogP contribution in [0.2, 0.25) is 0 Å². The minimum atomic E-state index is -0.463. The molecule has 6 nitrogen and oxygen atoms in total. The molecule has 0 saturated carbocycles. The van der Waals surface area contributed by atoms with Crippen LogP contribution < -0.4 is 19.3 Å². The SMILES string of the molecule is O[C@@H](COC[C@@H]1COc2ccccc2O1)C[NH+]1CCN(c2ccccc2)CC1. The van der Waals surface area contributed by atoms with Gasteiger partial charge in [-0.2, -0.15) is 0 Å². The van der Waals surface area contributed by atoms with Gasteiger partial charge in [-0.25, -0.2) is 0 Å². The molecule has 1 fully saturated rings. The first-order chi connectivity index (χ1) is 13.8. The van der Waals surface area contributed by atoms with Crippen molar-refractivity contribution < 1.29 is 24.2 Å². The molecule has 2 atom stereocenters. The van der Waals surface area contributed by atoms with E-state index >= 15 is 0 Å². The lowest BCUT2D eigenvalue weighted by atomic mass is 10.2. The molecule has 2 aliphatic rings. The number of quaternary nitrogens is 1. The predicted octanol–water partition coefficient (Wildman–Crippen LogP) is 0.609. The third kappa shape index (κ3) is 4.95. The number of aliphatic hydroxyl groups is 1. The normalized spacial score (nSPS) is 20.8. The minimum Gasteiger partial charge on any atom is -0.486 e. The fourth-order valence-electron chi connectivity index (χ4n) is 3.80. The highest BCUT2D eigenvalue weighted by molar-refractivity contribution is 5.46. The lowest BCUT2D eigenvalue weighted by Crippen LogP contribution is -3.16. The first-order valence-corrected chi connectivity index (χ1v) is 10.1. The number of rotatable bonds is 7. The molecule has 2 aromatic rings. The third-order valence-electron chi connectivity index (χ3n) is 5.30. The van der Waals surface area contributed by atoms with Crippen molar-refractivity contribution >= 4 is 5.69 Å². The second-order valence-corrected chi connectivity index (χ2v) is 7.47. The Bertz CT molecular complexity index is 734. The molecular formula is C22H29N2O4+. The van der Waals surface area contributed by atoms with E-state index in [1.165, 1.54) is 10.6 Å². The zero-order valence-electron chi connectivity index (χ0n) is 16.1. The molecule has 0 bridgehead atoms. The van der Waals surface area contributed by atoms with Gasteiger partial charge in [0.05, 0.1) is 39.4 Å². The number of anilines is 1. The third-order valence-corrected chi connectivity index (χ3v) is 5.30. The smallest absolute Gasteiger partial charge is 0.161 e. The number of nitrogens with one attached hydrogen (secondary N) is 1. The molecule has 150 valence electrons. The molecule has 2 aromatic carbocycles. The molecule has 0 aliphatic carbocycles. The van der Waals surface area contributed by atoms with Gasteiger partial charge in [-0.3, -0.25) is 0 Å². The van der Waals surface area contributed by atoms with Crippen LogP contribution in [-0.2, 0) is 4.74 Å². The molecule has 1 saturated heterocycles. The highest BCUT2D eigenvalue weighted by atomic mass is 16.6. The highest BCUT2D eigenvalue weighted by Gasteiger charge is 2.24. The summed E-state index contributed by atoms with van der Waals surface area (Å²) in [5.41, 5.74) is 1.28. The van der Waals surface area contributed by atoms with Crippen LogP contribution in [-0.4, -0.2) is 69.9 Å². The van der Waals surface area contributed by atoms with E-state index < -0.39 is 6.10 Å². The van der Waals surface area contributed by atoms with Crippen molar-refractivity contribution in [1.82, 2.24) is 0 Å². The van der Waals surface area contributed by atoms with E-state index in [1.807, 2.05) is 30.3 Å². The van der Waals surface area contributed by atoms with Crippen molar-refractivity contribution in [3.8, 4) is 11.5 Å². The van der Waals surface area contributed by atoms with Gasteiger partial charge in [0.2, 0.25) is 0 Å². The summed E-state index contributed by atoms with van der Waals surface area (Å²) in [5.74, 6) is 1.53. The Hall–Kier alpha value is -2.28. The summed E-state index contributed by atoms with van der Waals surface area (Å²) >= 11 is 0. The van der Waals surface area contributed by atoms with Crippen LogP contribution in [0.1, 0.15) is 0 Å². The molecule has 0 spiro atoms. The lowest BCUT2D eigenvalue weighted by Gasteiger charge is -2.34. The fraction of sp³-hybridized carbons (Fsp3) is 0.455. The summed E-state index contributed by atoms with van der Waals surface area (Å²) < 4.78 is 17.3. The molecule has 6 heteroatoms. The molecule has 28 heavy (non-hydrogen) atoms. The van der Waals surface area contributed by atoms with E-state index in [2.05, 4.69) is 29.2 Å². The number of hydrogen-bond acceptors (Lipinski definition) is 5. The monoisotopic (exact) mass is 385 g/mol. The number of benzene rings is 2. The van der Waals surface area contributed by atoms with E-state index in [0.717, 1.165) is 37.7 Å². The van der Waals surface area contributed by atoms with Crippen LogP contribution in [0.3, 0.4) is 0 Å². The number of aliphatic hydroxyl groups excluding tert-OH is 1. The van der Waals surface area contributed by atoms with Gasteiger partial charge < -0.3 is 29.1 Å². The molecule has 2 N–H and O–H groups in total. The molecule has 0 radical (unpaired) electrons. The van der Waals surface area contributed by atoms with Crippen LogP contribution in [0, 0.1) is 0 Å². The Morgan fingerprint density at radius 3 is 2.54 bits per heavy atom. The topological polar surface area (TPSA) is 55.6 Å². The van der Waals surface area contributed by atoms with Crippen molar-refractivity contribution in [3.63, 3.8) is 0 Å². The van der Waals surface area contributed by atoms with E-state index in [1.54, 1.807) is 0 Å². The first-order valence-electron chi connectivity index (χ1n) is 10.1. The van der Waals surface area contributed by atoms with Gasteiger partial charge in [0, 0.05) is 5.69 Å². The van der Waals surface area contributed by atoms with E-state index in [-0.39, 0.29) is 6.10 Å². The number of fused-ring (bicyclic) bond motifs is 1. The van der Waals surface area contributed by atoms with Crippen molar-refractivity contribution in [2.24, 2.45) is 0 Å². The van der Waals surface area contributed by atoms with Crippen molar-refractivity contribution in [2.45, 2.75) is 12.2 Å². The Kier molecular flexibility index (Phi) is 6.31. The summed E-state index contributed by atoms with van der Waals surface area (Å²) in [7, 11) is 0. The maximum absolute atomic E-state index is 10.3. The Morgan fingerprint density at radius 1 is 1.04 bits per heavy atom. The van der Waals surface area contributed by atoms with Crippen molar-refractivity contribution in [2.75, 3.05) is 57.4 Å². The number of ether oxygens (including phenoxy) is 3. The Morgan fingerprint density at radius 2 is 1.75 bits per heavy atom. The van der Waals surface area contributed by atoms with Crippen molar-refractivity contribution in [3.05, 3.63) is 54.6 Å². The molecule has 0 amide bonds. The Balaban J connectivity index is 1.14. The van der Waals surface area contributed by atoms with Crippen LogP contribution in [0.25, 0.3) is 0 Å². The fourth-order valence-corrected chi connectivity index (χ4v) is 3.80. The van der Waals surface area contributed by atoms with Gasteiger partial charge in [-0.05, 0) is 24.3 Å². The highest BCUT2D eigenvalue weighted by Crippen LogP contribution is 2.30. The average molecular weight is 385 g/mol. The van der Waals surface area contributed by atoms with Gasteiger partial charge in [0.1, 0.15) is 19.3 Å². The first kappa shape index (κ1) is 19.1. The van der Waals surface area contributed by atoms with Gasteiger partial charge in [0.15, 0.2) is 17.6 Å². The molecule has 0 unspecified atom stereocenters. The van der Waals surface area contributed by atoms with Crippen LogP contribution in [0.15, 0.2) is 54.6 Å². The summed E-state index contributed by atoms with van der Waals surface area (Å²) in [5, 5.41) is 10.3. The van der Waals surface area contributed by atoms with Crippen LogP contribution >= 0.6 is 0 Å². The van der Waals surface area contributed by atoms with Gasteiger partial charge in [-0.1, -0.05) is 30.3 Å². The standard InChI is InChI=1S/C22H28N2O4/c25-19(14-23-10-12-24(13-11-23)18-6-2-1-3-7-18)15-26-16-20-17-27-21-8-4-5-9-22(21)28-20/h1-9,19-20,25H,10-17H2/p+1/t19-,20-/m1/s1. The zero-order valence-corrected chi connectivity index (χ0v) is 16.1. The molecule has 2 aliphatic heterocycles. The molecule has 0 aromatic heterocycles. The molecular weight excluding hydrogens is 356 g/mol. The van der Waals surface area contributed by atoms with Gasteiger partial charge in [-0.15, -0.1) is 0 Å². The quantitative estimate of drug-likeness (QED) is 0.732. The average Bonchev–Trinajstić information content (AvgIpc) is 2.75. The zero-order chi connectivity index (χ0) is 19.2. The van der Waals surface area contributed by atoms with Crippen LogP contribution in [0.4, 0.5) is 5.69 Å². The van der Waals surface area contributed by atoms with Gasteiger partial charge in [0.25, 0.3) is 0 Å². The largest absolute Gasteiger partial charge is 0.486 e. The number of para-hydroxylation sites is 3. The number of piperazine rings is 1. The number of hydrogen-bond donors (Lipinski definition) is 2. The summed E-state index contributed by atoms with van der Waals surface area (Å²) in [4.78, 5) is 3.83. The molecule has 4 rings (SSSR count). The lowest BCUT2D eigenvalue weighted by molar-refractivity contribution is -0.903. The second-order valence-electron chi connectivity index (χ2n) is 7.47. The summed E-state index contributed by atoms with van der Waals surface area (Å²) in [6.07, 6.45) is -0.598. The number of nitrogens with zero attached hydrogens (tertiary/aromatic N) is 1. The minimum absolute atomic E-state index is 0.135. The van der Waals surface area contributed by atoms with Crippen molar-refractivity contribution in [1.29, 1.82) is 0 Å². The van der Waals surface area contributed by atoms with E-state index in [9.17, 15) is 5.11 Å². The Labute approximate surface area is 166 Å². The summed E-state index contributed by atoms with van der Waals surface area (Å²) in [6.45, 7) is 6.02. The second kappa shape index (κ2) is 9.28. The molecule has 2 heterocycles. The van der Waals surface area contributed by atoms with E-state index in [0.29, 0.717) is 26.4 Å².